The van der Waals surface area contributed by atoms with Crippen LogP contribution in [0.2, 0.25) is 16.6 Å². The second kappa shape index (κ2) is 7.23. The lowest BCUT2D eigenvalue weighted by atomic mass is 9.78. The highest BCUT2D eigenvalue weighted by atomic mass is 28.4. The van der Waals surface area contributed by atoms with E-state index < -0.39 is 8.32 Å². The molecule has 0 saturated heterocycles. The first kappa shape index (κ1) is 21.6. The van der Waals surface area contributed by atoms with E-state index in [2.05, 4.69) is 80.5 Å². The Balaban J connectivity index is 1.80. The van der Waals surface area contributed by atoms with Gasteiger partial charge in [0, 0.05) is 0 Å². The first-order chi connectivity index (χ1) is 13.5. The third-order valence-corrected chi connectivity index (χ3v) is 15.1. The molecule has 1 nitrogen and oxygen atoms in total. The standard InChI is InChI=1S/C27H44OSi/c1-16(2)29(17(3)4,18(5)6)28-26-22-13-12-21(27(7,8)9)15-23(22)24-19-10-11-20(14-19)25(24)26/h12-13,15-20,24-26H,10-11,14H2,1-9H3/t19-,20?,24?,25+,26-/m0/s1. The number of hydrogen-bond acceptors (Lipinski definition) is 1. The van der Waals surface area contributed by atoms with E-state index in [1.54, 1.807) is 11.1 Å². The summed E-state index contributed by atoms with van der Waals surface area (Å²) in [5.74, 6) is 3.29. The third kappa shape index (κ3) is 3.19. The van der Waals surface area contributed by atoms with Crippen molar-refractivity contribution in [1.82, 2.24) is 0 Å². The summed E-state index contributed by atoms with van der Waals surface area (Å²) in [4.78, 5) is 0. The zero-order valence-corrected chi connectivity index (χ0v) is 21.4. The van der Waals surface area contributed by atoms with E-state index >= 15 is 0 Å². The van der Waals surface area contributed by atoms with Crippen LogP contribution in [0, 0.1) is 17.8 Å². The molecule has 0 radical (unpaired) electrons. The predicted octanol–water partition coefficient (Wildman–Crippen LogP) is 8.36. The van der Waals surface area contributed by atoms with Crippen molar-refractivity contribution in [3.63, 3.8) is 0 Å². The molecule has 162 valence electrons. The molecule has 0 amide bonds. The minimum absolute atomic E-state index is 0.216. The van der Waals surface area contributed by atoms with E-state index in [9.17, 15) is 0 Å². The Morgan fingerprint density at radius 3 is 2.00 bits per heavy atom. The zero-order valence-electron chi connectivity index (χ0n) is 20.4. The van der Waals surface area contributed by atoms with E-state index in [0.29, 0.717) is 22.7 Å². The van der Waals surface area contributed by atoms with Crippen LogP contribution in [-0.4, -0.2) is 8.32 Å². The molecule has 3 aliphatic carbocycles. The highest BCUT2D eigenvalue weighted by molar-refractivity contribution is 6.77. The fourth-order valence-electron chi connectivity index (χ4n) is 7.80. The van der Waals surface area contributed by atoms with Gasteiger partial charge in [0.2, 0.25) is 8.32 Å². The van der Waals surface area contributed by atoms with Crippen LogP contribution in [0.15, 0.2) is 18.2 Å². The maximum absolute atomic E-state index is 7.54. The summed E-state index contributed by atoms with van der Waals surface area (Å²) in [6.45, 7) is 21.7. The van der Waals surface area contributed by atoms with E-state index in [-0.39, 0.29) is 5.41 Å². The van der Waals surface area contributed by atoms with Crippen LogP contribution in [0.1, 0.15) is 110 Å². The van der Waals surface area contributed by atoms with Crippen molar-refractivity contribution >= 4 is 8.32 Å². The molecule has 3 aliphatic rings. The molecule has 29 heavy (non-hydrogen) atoms. The second-order valence-corrected chi connectivity index (χ2v) is 17.8. The number of rotatable bonds is 5. The summed E-state index contributed by atoms with van der Waals surface area (Å²) < 4.78 is 7.54. The molecule has 2 heteroatoms. The van der Waals surface area contributed by atoms with Crippen LogP contribution < -0.4 is 0 Å². The van der Waals surface area contributed by atoms with Crippen molar-refractivity contribution in [2.24, 2.45) is 17.8 Å². The van der Waals surface area contributed by atoms with Crippen LogP contribution in [0.4, 0.5) is 0 Å². The van der Waals surface area contributed by atoms with E-state index in [0.717, 1.165) is 23.7 Å². The molecule has 0 N–H and O–H groups in total. The van der Waals surface area contributed by atoms with Gasteiger partial charge < -0.3 is 4.43 Å². The van der Waals surface area contributed by atoms with Gasteiger partial charge in [-0.2, -0.15) is 0 Å². The fraction of sp³-hybridized carbons (Fsp3) is 0.778. The monoisotopic (exact) mass is 412 g/mol. The smallest absolute Gasteiger partial charge is 0.201 e. The summed E-state index contributed by atoms with van der Waals surface area (Å²) >= 11 is 0. The van der Waals surface area contributed by atoms with Crippen LogP contribution in [0.5, 0.6) is 0 Å². The maximum Gasteiger partial charge on any atom is 0.201 e. The van der Waals surface area contributed by atoms with Gasteiger partial charge >= 0.3 is 0 Å². The van der Waals surface area contributed by atoms with Crippen molar-refractivity contribution < 1.29 is 4.43 Å². The summed E-state index contributed by atoms with van der Waals surface area (Å²) in [7, 11) is -1.90. The average Bonchev–Trinajstić information content (AvgIpc) is 3.29. The van der Waals surface area contributed by atoms with Gasteiger partial charge in [0.25, 0.3) is 0 Å². The second-order valence-electron chi connectivity index (χ2n) is 12.4. The molecule has 1 aromatic carbocycles. The predicted molar refractivity (Wildman–Crippen MR) is 127 cm³/mol. The van der Waals surface area contributed by atoms with Crippen LogP contribution in [-0.2, 0) is 9.84 Å². The molecule has 0 aromatic heterocycles. The molecule has 2 unspecified atom stereocenters. The molecule has 2 saturated carbocycles. The molecule has 2 fully saturated rings. The molecule has 0 aliphatic heterocycles. The molecule has 5 atom stereocenters. The number of fused-ring (bicyclic) bond motifs is 7. The number of hydrogen-bond donors (Lipinski definition) is 0. The third-order valence-electron chi connectivity index (χ3n) is 8.99. The molecule has 0 heterocycles. The number of benzene rings is 1. The van der Waals surface area contributed by atoms with E-state index in [1.807, 2.05) is 0 Å². The summed E-state index contributed by atoms with van der Waals surface area (Å²) in [6.07, 6.45) is 4.68. The maximum atomic E-state index is 7.54. The minimum atomic E-state index is -1.90. The Labute approximate surface area is 181 Å². The SMILES string of the molecule is CC(C)[Si](O[C@H]1c2ccc(C(C)(C)C)cc2C2[C@H]3CCC(C3)[C@H]21)(C(C)C)C(C)C. The van der Waals surface area contributed by atoms with Gasteiger partial charge in [-0.3, -0.25) is 0 Å². The largest absolute Gasteiger partial charge is 0.409 e. The molecule has 2 bridgehead atoms. The Morgan fingerprint density at radius 1 is 0.862 bits per heavy atom. The van der Waals surface area contributed by atoms with Gasteiger partial charge in [-0.05, 0) is 81.7 Å². The fourth-order valence-corrected chi connectivity index (χ4v) is 13.3. The normalized spacial score (nSPS) is 31.2. The molecule has 1 aromatic rings. The Morgan fingerprint density at radius 2 is 1.45 bits per heavy atom. The lowest BCUT2D eigenvalue weighted by molar-refractivity contribution is 0.0848. The quantitative estimate of drug-likeness (QED) is 0.441. The van der Waals surface area contributed by atoms with Crippen molar-refractivity contribution in [1.29, 1.82) is 0 Å². The Kier molecular flexibility index (Phi) is 5.39. The van der Waals surface area contributed by atoms with Gasteiger partial charge in [0.1, 0.15) is 0 Å². The summed E-state index contributed by atoms with van der Waals surface area (Å²) in [5.41, 5.74) is 6.89. The lowest BCUT2D eigenvalue weighted by Gasteiger charge is -2.46. The van der Waals surface area contributed by atoms with Crippen molar-refractivity contribution in [2.45, 2.75) is 116 Å². The summed E-state index contributed by atoms with van der Waals surface area (Å²) in [6, 6.07) is 7.46. The Hall–Kier alpha value is -0.603. The van der Waals surface area contributed by atoms with Gasteiger partial charge in [-0.25, -0.2) is 0 Å². The van der Waals surface area contributed by atoms with Crippen molar-refractivity contribution in [3.8, 4) is 0 Å². The molecule has 0 spiro atoms. The first-order valence-electron chi connectivity index (χ1n) is 12.3. The van der Waals surface area contributed by atoms with Gasteiger partial charge in [0.15, 0.2) is 0 Å². The zero-order chi connectivity index (χ0) is 21.3. The molecular formula is C27H44OSi. The highest BCUT2D eigenvalue weighted by Crippen LogP contribution is 2.67. The van der Waals surface area contributed by atoms with E-state index in [1.165, 1.54) is 24.8 Å². The van der Waals surface area contributed by atoms with Crippen molar-refractivity contribution in [2.75, 3.05) is 0 Å². The minimum Gasteiger partial charge on any atom is -0.409 e. The Bertz CT molecular complexity index is 735. The molecular weight excluding hydrogens is 368 g/mol. The van der Waals surface area contributed by atoms with Gasteiger partial charge in [-0.15, -0.1) is 0 Å². The first-order valence-corrected chi connectivity index (χ1v) is 14.4. The van der Waals surface area contributed by atoms with E-state index in [4.69, 9.17) is 4.43 Å². The topological polar surface area (TPSA) is 9.23 Å². The lowest BCUT2D eigenvalue weighted by Crippen LogP contribution is -2.49. The van der Waals surface area contributed by atoms with Crippen LogP contribution in [0.3, 0.4) is 0 Å². The van der Waals surface area contributed by atoms with Crippen LogP contribution in [0.25, 0.3) is 0 Å². The molecule has 4 rings (SSSR count). The average molecular weight is 413 g/mol. The van der Waals surface area contributed by atoms with Gasteiger partial charge in [-0.1, -0.05) is 80.5 Å². The van der Waals surface area contributed by atoms with Gasteiger partial charge in [0.05, 0.1) is 6.10 Å². The van der Waals surface area contributed by atoms with Crippen molar-refractivity contribution in [3.05, 3.63) is 34.9 Å². The van der Waals surface area contributed by atoms with Crippen LogP contribution >= 0.6 is 0 Å². The summed E-state index contributed by atoms with van der Waals surface area (Å²) in [5, 5.41) is 0. The highest BCUT2D eigenvalue weighted by Gasteiger charge is 2.59.